The van der Waals surface area contributed by atoms with E-state index in [1.165, 1.54) is 11.1 Å². The van der Waals surface area contributed by atoms with Crippen LogP contribution in [0.2, 0.25) is 0 Å². The minimum Gasteiger partial charge on any atom is -0.311 e. The second kappa shape index (κ2) is 4.90. The molecule has 0 saturated heterocycles. The molecule has 0 saturated carbocycles. The van der Waals surface area contributed by atoms with Gasteiger partial charge in [-0.15, -0.1) is 0 Å². The van der Waals surface area contributed by atoms with E-state index in [0.717, 1.165) is 12.1 Å². The quantitative estimate of drug-likeness (QED) is 0.816. The average Bonchev–Trinajstić information content (AvgIpc) is 2.81. The lowest BCUT2D eigenvalue weighted by Gasteiger charge is -2.14. The molecule has 1 aromatic heterocycles. The molecule has 4 heteroatoms. The van der Waals surface area contributed by atoms with E-state index in [2.05, 4.69) is 51.9 Å². The molecular weight excluding hydrogens is 200 g/mol. The van der Waals surface area contributed by atoms with Crippen LogP contribution in [0.4, 0.5) is 0 Å². The van der Waals surface area contributed by atoms with E-state index < -0.39 is 0 Å². The molecule has 0 aliphatic rings. The lowest BCUT2D eigenvalue weighted by molar-refractivity contribution is 0.573. The number of benzene rings is 1. The van der Waals surface area contributed by atoms with Crippen molar-refractivity contribution >= 4 is 0 Å². The zero-order chi connectivity index (χ0) is 11.4. The van der Waals surface area contributed by atoms with Crippen LogP contribution in [0, 0.1) is 6.92 Å². The van der Waals surface area contributed by atoms with E-state index in [1.807, 2.05) is 7.05 Å². The molecule has 2 N–H and O–H groups in total. The number of aromatic amines is 1. The molecule has 0 spiro atoms. The van der Waals surface area contributed by atoms with Gasteiger partial charge in [0.15, 0.2) is 0 Å². The second-order valence-electron chi connectivity index (χ2n) is 3.87. The Morgan fingerprint density at radius 2 is 2.19 bits per heavy atom. The third-order valence-corrected chi connectivity index (χ3v) is 2.82. The molecule has 1 heterocycles. The monoisotopic (exact) mass is 216 g/mol. The van der Waals surface area contributed by atoms with Crippen molar-refractivity contribution in [1.82, 2.24) is 20.7 Å². The van der Waals surface area contributed by atoms with Crippen LogP contribution in [0.25, 0.3) is 0 Å². The SMILES string of the molecule is CNC(Cc1ccccc1C)c1cn[nH]n1. The molecule has 0 aliphatic carbocycles. The number of likely N-dealkylation sites (N-methyl/N-ethyl adjacent to an activating group) is 1. The fraction of sp³-hybridized carbons (Fsp3) is 0.333. The summed E-state index contributed by atoms with van der Waals surface area (Å²) in [5.41, 5.74) is 3.60. The fourth-order valence-electron chi connectivity index (χ4n) is 1.79. The van der Waals surface area contributed by atoms with Crippen LogP contribution in [-0.2, 0) is 6.42 Å². The Labute approximate surface area is 95.1 Å². The summed E-state index contributed by atoms with van der Waals surface area (Å²) in [6, 6.07) is 8.62. The molecule has 0 amide bonds. The summed E-state index contributed by atoms with van der Waals surface area (Å²) in [5, 5.41) is 13.9. The molecule has 4 nitrogen and oxygen atoms in total. The van der Waals surface area contributed by atoms with E-state index >= 15 is 0 Å². The largest absolute Gasteiger partial charge is 0.311 e. The number of rotatable bonds is 4. The third kappa shape index (κ3) is 2.28. The van der Waals surface area contributed by atoms with Crippen molar-refractivity contribution < 1.29 is 0 Å². The molecule has 0 bridgehead atoms. The van der Waals surface area contributed by atoms with Gasteiger partial charge < -0.3 is 5.32 Å². The smallest absolute Gasteiger partial charge is 0.0997 e. The van der Waals surface area contributed by atoms with E-state index in [4.69, 9.17) is 0 Å². The van der Waals surface area contributed by atoms with Gasteiger partial charge >= 0.3 is 0 Å². The maximum Gasteiger partial charge on any atom is 0.0997 e. The van der Waals surface area contributed by atoms with Crippen molar-refractivity contribution in [2.24, 2.45) is 0 Å². The Bertz CT molecular complexity index is 436. The Morgan fingerprint density at radius 3 is 2.81 bits per heavy atom. The first-order valence-corrected chi connectivity index (χ1v) is 5.38. The minimum absolute atomic E-state index is 0.208. The Hall–Kier alpha value is -1.68. The van der Waals surface area contributed by atoms with E-state index in [0.29, 0.717) is 0 Å². The zero-order valence-corrected chi connectivity index (χ0v) is 9.57. The number of hydrogen-bond donors (Lipinski definition) is 2. The molecule has 1 aromatic carbocycles. The summed E-state index contributed by atoms with van der Waals surface area (Å²) in [6.07, 6.45) is 2.69. The highest BCUT2D eigenvalue weighted by molar-refractivity contribution is 5.27. The molecular formula is C12H16N4. The van der Waals surface area contributed by atoms with Crippen molar-refractivity contribution in [2.45, 2.75) is 19.4 Å². The van der Waals surface area contributed by atoms with Gasteiger partial charge in [-0.25, -0.2) is 0 Å². The number of hydrogen-bond acceptors (Lipinski definition) is 3. The predicted molar refractivity (Wildman–Crippen MR) is 63.1 cm³/mol. The van der Waals surface area contributed by atoms with Crippen LogP contribution in [0.1, 0.15) is 22.9 Å². The first-order valence-electron chi connectivity index (χ1n) is 5.38. The van der Waals surface area contributed by atoms with Crippen molar-refractivity contribution in [3.05, 3.63) is 47.3 Å². The van der Waals surface area contributed by atoms with E-state index in [1.54, 1.807) is 6.20 Å². The third-order valence-electron chi connectivity index (χ3n) is 2.82. The lowest BCUT2D eigenvalue weighted by Crippen LogP contribution is -2.19. The molecule has 1 unspecified atom stereocenters. The van der Waals surface area contributed by atoms with Crippen LogP contribution in [0.3, 0.4) is 0 Å². The molecule has 2 rings (SSSR count). The van der Waals surface area contributed by atoms with Crippen molar-refractivity contribution in [2.75, 3.05) is 7.05 Å². The van der Waals surface area contributed by atoms with Crippen LogP contribution in [0.5, 0.6) is 0 Å². The molecule has 84 valence electrons. The van der Waals surface area contributed by atoms with Gasteiger partial charge in [-0.2, -0.15) is 15.4 Å². The van der Waals surface area contributed by atoms with Crippen LogP contribution in [-0.4, -0.2) is 22.5 Å². The standard InChI is InChI=1S/C12H16N4/c1-9-5-3-4-6-10(9)7-11(13-2)12-8-14-16-15-12/h3-6,8,11,13H,7H2,1-2H3,(H,14,15,16). The molecule has 0 radical (unpaired) electrons. The first kappa shape index (κ1) is 10.8. The highest BCUT2D eigenvalue weighted by Crippen LogP contribution is 2.17. The van der Waals surface area contributed by atoms with Gasteiger partial charge in [0.1, 0.15) is 0 Å². The Morgan fingerprint density at radius 1 is 1.38 bits per heavy atom. The Balaban J connectivity index is 2.17. The second-order valence-corrected chi connectivity index (χ2v) is 3.87. The summed E-state index contributed by atoms with van der Waals surface area (Å²) in [6.45, 7) is 2.13. The number of aryl methyl sites for hydroxylation is 1. The topological polar surface area (TPSA) is 53.6 Å². The maximum absolute atomic E-state index is 4.11. The number of nitrogens with one attached hydrogen (secondary N) is 2. The van der Waals surface area contributed by atoms with Crippen molar-refractivity contribution in [1.29, 1.82) is 0 Å². The van der Waals surface area contributed by atoms with E-state index in [9.17, 15) is 0 Å². The lowest BCUT2D eigenvalue weighted by atomic mass is 10.00. The summed E-state index contributed by atoms with van der Waals surface area (Å²) in [4.78, 5) is 0. The van der Waals surface area contributed by atoms with Gasteiger partial charge in [0.25, 0.3) is 0 Å². The highest BCUT2D eigenvalue weighted by Gasteiger charge is 2.13. The normalized spacial score (nSPS) is 12.6. The first-order chi connectivity index (χ1) is 7.81. The zero-order valence-electron chi connectivity index (χ0n) is 9.57. The Kier molecular flexibility index (Phi) is 3.31. The summed E-state index contributed by atoms with van der Waals surface area (Å²) >= 11 is 0. The molecule has 2 aromatic rings. The van der Waals surface area contributed by atoms with Gasteiger partial charge in [0.05, 0.1) is 17.9 Å². The average molecular weight is 216 g/mol. The molecule has 16 heavy (non-hydrogen) atoms. The van der Waals surface area contributed by atoms with Gasteiger partial charge in [0, 0.05) is 0 Å². The summed E-state index contributed by atoms with van der Waals surface area (Å²) < 4.78 is 0. The van der Waals surface area contributed by atoms with Crippen molar-refractivity contribution in [3.63, 3.8) is 0 Å². The summed E-state index contributed by atoms with van der Waals surface area (Å²) in [7, 11) is 1.94. The van der Waals surface area contributed by atoms with Gasteiger partial charge in [-0.3, -0.25) is 0 Å². The van der Waals surface area contributed by atoms with Crippen LogP contribution < -0.4 is 5.32 Å². The molecule has 0 aliphatic heterocycles. The van der Waals surface area contributed by atoms with Gasteiger partial charge in [0.2, 0.25) is 0 Å². The van der Waals surface area contributed by atoms with Crippen LogP contribution in [0.15, 0.2) is 30.5 Å². The minimum atomic E-state index is 0.208. The van der Waals surface area contributed by atoms with E-state index in [-0.39, 0.29) is 6.04 Å². The summed E-state index contributed by atoms with van der Waals surface area (Å²) in [5.74, 6) is 0. The highest BCUT2D eigenvalue weighted by atomic mass is 15.3. The maximum atomic E-state index is 4.11. The number of aromatic nitrogens is 3. The van der Waals surface area contributed by atoms with Crippen LogP contribution >= 0.6 is 0 Å². The van der Waals surface area contributed by atoms with Gasteiger partial charge in [-0.1, -0.05) is 24.3 Å². The number of nitrogens with zero attached hydrogens (tertiary/aromatic N) is 2. The predicted octanol–water partition coefficient (Wildman–Crippen LogP) is 1.62. The molecule has 0 fully saturated rings. The fourth-order valence-corrected chi connectivity index (χ4v) is 1.79. The molecule has 1 atom stereocenters. The van der Waals surface area contributed by atoms with Gasteiger partial charge in [-0.05, 0) is 31.5 Å². The number of H-pyrrole nitrogens is 1. The van der Waals surface area contributed by atoms with Crippen molar-refractivity contribution in [3.8, 4) is 0 Å².